The number of rotatable bonds is 0. The van der Waals surface area contributed by atoms with E-state index < -0.39 is 5.92 Å². The monoisotopic (exact) mass is 149 g/mol. The third kappa shape index (κ3) is 0.926. The average Bonchev–Trinajstić information content (AvgIpc) is 2.42. The zero-order chi connectivity index (χ0) is 7.78. The lowest BCUT2D eigenvalue weighted by atomic mass is 10.4. The van der Waals surface area contributed by atoms with Gasteiger partial charge in [0.2, 0.25) is 0 Å². The van der Waals surface area contributed by atoms with E-state index in [-0.39, 0.29) is 11.8 Å². The molecular weight excluding hydrogens is 136 g/mol. The minimum absolute atomic E-state index is 0.317. The third-order valence-corrected chi connectivity index (χ3v) is 2.09. The molecule has 1 aliphatic carbocycles. The summed E-state index contributed by atoms with van der Waals surface area (Å²) >= 11 is 0. The minimum atomic E-state index is -2.30. The van der Waals surface area contributed by atoms with Gasteiger partial charge < -0.3 is 5.32 Å². The smallest absolute Gasteiger partial charge is 0.257 e. The average molecular weight is 149 g/mol. The normalized spacial score (nSPS) is 39.6. The summed E-state index contributed by atoms with van der Waals surface area (Å²) in [6.07, 6.45) is 0. The molecule has 2 aliphatic rings. The van der Waals surface area contributed by atoms with Crippen LogP contribution in [0.5, 0.6) is 0 Å². The highest BCUT2D eigenvalue weighted by Gasteiger charge is 2.69. The molecule has 2 atom stereocenters. The van der Waals surface area contributed by atoms with Crippen LogP contribution in [-0.4, -0.2) is 19.0 Å². The van der Waals surface area contributed by atoms with Crippen LogP contribution in [0.4, 0.5) is 8.78 Å². The highest BCUT2D eigenvalue weighted by Crippen LogP contribution is 2.56. The van der Waals surface area contributed by atoms with Crippen LogP contribution in [0, 0.1) is 11.8 Å². The lowest BCUT2D eigenvalue weighted by Crippen LogP contribution is -2.19. The van der Waals surface area contributed by atoms with Crippen LogP contribution < -0.4 is 5.32 Å². The fourth-order valence-corrected chi connectivity index (χ4v) is 1.41. The molecular formula is C7H13F2N. The van der Waals surface area contributed by atoms with Crippen LogP contribution in [0.15, 0.2) is 0 Å². The Kier molecular flexibility index (Phi) is 1.95. The van der Waals surface area contributed by atoms with Crippen molar-refractivity contribution >= 4 is 0 Å². The number of halogens is 2. The molecule has 0 spiro atoms. The summed E-state index contributed by atoms with van der Waals surface area (Å²) < 4.78 is 24.4. The number of alkyl halides is 2. The van der Waals surface area contributed by atoms with E-state index in [0.29, 0.717) is 13.1 Å². The van der Waals surface area contributed by atoms with Crippen molar-refractivity contribution in [3.8, 4) is 0 Å². The van der Waals surface area contributed by atoms with Gasteiger partial charge in [0.25, 0.3) is 5.92 Å². The molecule has 1 nitrogen and oxygen atoms in total. The second-order valence-corrected chi connectivity index (χ2v) is 2.55. The van der Waals surface area contributed by atoms with Crippen LogP contribution in [0.3, 0.4) is 0 Å². The van der Waals surface area contributed by atoms with Crippen molar-refractivity contribution in [1.82, 2.24) is 5.32 Å². The number of hydrogen-bond donors (Lipinski definition) is 1. The van der Waals surface area contributed by atoms with Gasteiger partial charge in [-0.1, -0.05) is 13.8 Å². The predicted octanol–water partition coefficient (Wildman–Crippen LogP) is 1.50. The molecule has 0 radical (unpaired) electrons. The molecule has 2 unspecified atom stereocenters. The van der Waals surface area contributed by atoms with E-state index in [1.54, 1.807) is 0 Å². The lowest BCUT2D eigenvalue weighted by molar-refractivity contribution is 0.0763. The summed E-state index contributed by atoms with van der Waals surface area (Å²) in [5.41, 5.74) is 0. The summed E-state index contributed by atoms with van der Waals surface area (Å²) in [7, 11) is 0. The van der Waals surface area contributed by atoms with Gasteiger partial charge in [0, 0.05) is 24.9 Å². The molecule has 10 heavy (non-hydrogen) atoms. The Hall–Kier alpha value is -0.180. The van der Waals surface area contributed by atoms with Gasteiger partial charge in [-0.25, -0.2) is 8.78 Å². The Balaban J connectivity index is 0.000000231. The lowest BCUT2D eigenvalue weighted by Gasteiger charge is -1.99. The van der Waals surface area contributed by atoms with Gasteiger partial charge in [0.1, 0.15) is 0 Å². The van der Waals surface area contributed by atoms with Gasteiger partial charge in [-0.15, -0.1) is 0 Å². The van der Waals surface area contributed by atoms with Gasteiger partial charge in [0.05, 0.1) is 0 Å². The van der Waals surface area contributed by atoms with E-state index in [2.05, 4.69) is 5.32 Å². The van der Waals surface area contributed by atoms with Crippen molar-refractivity contribution in [2.45, 2.75) is 19.8 Å². The first-order chi connectivity index (χ1) is 4.73. The molecule has 2 fully saturated rings. The predicted molar refractivity (Wildman–Crippen MR) is 36.1 cm³/mol. The van der Waals surface area contributed by atoms with E-state index in [1.165, 1.54) is 0 Å². The maximum absolute atomic E-state index is 12.2. The molecule has 1 aliphatic heterocycles. The summed E-state index contributed by atoms with van der Waals surface area (Å²) in [6, 6.07) is 0. The van der Waals surface area contributed by atoms with Gasteiger partial charge in [-0.3, -0.25) is 0 Å². The molecule has 2 rings (SSSR count). The third-order valence-electron chi connectivity index (χ3n) is 2.09. The molecule has 3 heteroatoms. The topological polar surface area (TPSA) is 12.0 Å². The fraction of sp³-hybridized carbons (Fsp3) is 1.00. The highest BCUT2D eigenvalue weighted by molar-refractivity contribution is 5.11. The second-order valence-electron chi connectivity index (χ2n) is 2.55. The van der Waals surface area contributed by atoms with Crippen LogP contribution in [-0.2, 0) is 0 Å². The van der Waals surface area contributed by atoms with Crippen molar-refractivity contribution in [2.75, 3.05) is 13.1 Å². The number of fused-ring (bicyclic) bond motifs is 1. The van der Waals surface area contributed by atoms with E-state index in [4.69, 9.17) is 0 Å². The Morgan fingerprint density at radius 3 is 1.80 bits per heavy atom. The Bertz CT molecular complexity index is 113. The van der Waals surface area contributed by atoms with E-state index in [0.717, 1.165) is 0 Å². The zero-order valence-electron chi connectivity index (χ0n) is 6.32. The van der Waals surface area contributed by atoms with Crippen LogP contribution in [0.25, 0.3) is 0 Å². The van der Waals surface area contributed by atoms with Crippen molar-refractivity contribution < 1.29 is 8.78 Å². The largest absolute Gasteiger partial charge is 0.316 e. The van der Waals surface area contributed by atoms with Crippen molar-refractivity contribution in [1.29, 1.82) is 0 Å². The van der Waals surface area contributed by atoms with Crippen molar-refractivity contribution in [3.63, 3.8) is 0 Å². The fourth-order valence-electron chi connectivity index (χ4n) is 1.41. The number of nitrogens with one attached hydrogen (secondary N) is 1. The van der Waals surface area contributed by atoms with E-state index in [9.17, 15) is 8.78 Å². The molecule has 0 aromatic carbocycles. The molecule has 0 aromatic heterocycles. The van der Waals surface area contributed by atoms with Crippen LogP contribution in [0.2, 0.25) is 0 Å². The maximum Gasteiger partial charge on any atom is 0.257 e. The Morgan fingerprint density at radius 2 is 1.60 bits per heavy atom. The first-order valence-electron chi connectivity index (χ1n) is 3.81. The van der Waals surface area contributed by atoms with Gasteiger partial charge >= 0.3 is 0 Å². The van der Waals surface area contributed by atoms with Crippen LogP contribution >= 0.6 is 0 Å². The number of piperidine rings is 1. The Labute approximate surface area is 59.8 Å². The van der Waals surface area contributed by atoms with Crippen molar-refractivity contribution in [2.24, 2.45) is 11.8 Å². The van der Waals surface area contributed by atoms with Crippen molar-refractivity contribution in [3.05, 3.63) is 0 Å². The molecule has 1 saturated heterocycles. The standard InChI is InChI=1S/C5H7F2N.C2H6/c6-5(7)3-1-8-2-4(3)5;1-2/h3-4,8H,1-2H2;1-2H3. The molecule has 0 amide bonds. The van der Waals surface area contributed by atoms with E-state index in [1.807, 2.05) is 13.8 Å². The van der Waals surface area contributed by atoms with Gasteiger partial charge in [-0.05, 0) is 0 Å². The first-order valence-corrected chi connectivity index (χ1v) is 3.81. The Morgan fingerprint density at radius 1 is 1.20 bits per heavy atom. The van der Waals surface area contributed by atoms with Gasteiger partial charge in [-0.2, -0.15) is 0 Å². The first kappa shape index (κ1) is 7.92. The molecule has 1 heterocycles. The molecule has 60 valence electrons. The summed E-state index contributed by atoms with van der Waals surface area (Å²) in [5.74, 6) is -2.93. The van der Waals surface area contributed by atoms with E-state index >= 15 is 0 Å². The minimum Gasteiger partial charge on any atom is -0.316 e. The summed E-state index contributed by atoms with van der Waals surface area (Å²) in [6.45, 7) is 5.05. The molecule has 0 aromatic rings. The highest BCUT2D eigenvalue weighted by atomic mass is 19.3. The molecule has 1 N–H and O–H groups in total. The summed E-state index contributed by atoms with van der Waals surface area (Å²) in [5, 5.41) is 2.90. The number of hydrogen-bond acceptors (Lipinski definition) is 1. The second kappa shape index (κ2) is 2.46. The quantitative estimate of drug-likeness (QED) is 0.550. The zero-order valence-corrected chi connectivity index (χ0v) is 6.32. The maximum atomic E-state index is 12.2. The summed E-state index contributed by atoms with van der Waals surface area (Å²) in [4.78, 5) is 0. The SMILES string of the molecule is CC.FC1(F)C2CNCC21. The molecule has 0 bridgehead atoms. The van der Waals surface area contributed by atoms with Gasteiger partial charge in [0.15, 0.2) is 0 Å². The van der Waals surface area contributed by atoms with Crippen LogP contribution in [0.1, 0.15) is 13.8 Å². The molecule has 1 saturated carbocycles.